The number of benzene rings is 1. The second-order valence-corrected chi connectivity index (χ2v) is 7.14. The molecule has 0 unspecified atom stereocenters. The summed E-state index contributed by atoms with van der Waals surface area (Å²) in [4.78, 5) is 16.5. The van der Waals surface area contributed by atoms with Crippen molar-refractivity contribution in [3.8, 4) is 22.8 Å². The number of hydrogen-bond acceptors (Lipinski definition) is 7. The predicted molar refractivity (Wildman–Crippen MR) is 112 cm³/mol. The Bertz CT molecular complexity index is 1110. The van der Waals surface area contributed by atoms with Crippen LogP contribution >= 0.6 is 11.8 Å². The van der Waals surface area contributed by atoms with Crippen molar-refractivity contribution in [2.45, 2.75) is 11.7 Å². The monoisotopic (exact) mass is 421 g/mol. The number of thioether (sulfide) groups is 1. The molecule has 3 aromatic heterocycles. The maximum Gasteiger partial charge on any atom is 0.230 e. The fourth-order valence-electron chi connectivity index (χ4n) is 2.86. The van der Waals surface area contributed by atoms with Crippen molar-refractivity contribution in [3.05, 3.63) is 72.9 Å². The molecule has 0 atom stereocenters. The first kappa shape index (κ1) is 19.7. The van der Waals surface area contributed by atoms with Crippen LogP contribution in [0.2, 0.25) is 0 Å². The molecular formula is C21H19N5O3S. The van der Waals surface area contributed by atoms with Crippen molar-refractivity contribution in [2.75, 3.05) is 12.9 Å². The summed E-state index contributed by atoms with van der Waals surface area (Å²) in [5.41, 5.74) is 1.59. The van der Waals surface area contributed by atoms with Crippen LogP contribution in [0.4, 0.5) is 0 Å². The minimum Gasteiger partial charge on any atom is -0.495 e. The fraction of sp³-hybridized carbons (Fsp3) is 0.143. The van der Waals surface area contributed by atoms with Crippen LogP contribution in [0.15, 0.2) is 76.8 Å². The highest BCUT2D eigenvalue weighted by atomic mass is 32.2. The molecule has 0 aliphatic carbocycles. The van der Waals surface area contributed by atoms with Crippen LogP contribution in [0.5, 0.6) is 5.75 Å². The lowest BCUT2D eigenvalue weighted by molar-refractivity contribution is -0.118. The summed E-state index contributed by atoms with van der Waals surface area (Å²) in [7, 11) is 1.61. The van der Waals surface area contributed by atoms with Gasteiger partial charge in [-0.15, -0.1) is 10.2 Å². The Morgan fingerprint density at radius 1 is 1.17 bits per heavy atom. The smallest absolute Gasteiger partial charge is 0.230 e. The van der Waals surface area contributed by atoms with Crippen molar-refractivity contribution in [1.82, 2.24) is 25.1 Å². The average Bonchev–Trinajstić information content (AvgIpc) is 3.46. The van der Waals surface area contributed by atoms with E-state index in [-0.39, 0.29) is 11.7 Å². The van der Waals surface area contributed by atoms with E-state index in [0.29, 0.717) is 29.0 Å². The molecule has 0 bridgehead atoms. The number of amides is 1. The number of rotatable bonds is 8. The topological polar surface area (TPSA) is 95.1 Å². The Labute approximate surface area is 177 Å². The number of methoxy groups -OCH3 is 1. The second-order valence-electron chi connectivity index (χ2n) is 6.20. The van der Waals surface area contributed by atoms with Gasteiger partial charge in [-0.25, -0.2) is 0 Å². The van der Waals surface area contributed by atoms with E-state index in [9.17, 15) is 4.79 Å². The number of hydrogen-bond donors (Lipinski definition) is 1. The van der Waals surface area contributed by atoms with Crippen molar-refractivity contribution in [3.63, 3.8) is 0 Å². The largest absolute Gasteiger partial charge is 0.495 e. The number of para-hydroxylation sites is 2. The molecule has 0 fully saturated rings. The Hall–Kier alpha value is -3.59. The highest BCUT2D eigenvalue weighted by molar-refractivity contribution is 7.99. The number of nitrogens with one attached hydrogen (secondary N) is 1. The van der Waals surface area contributed by atoms with Crippen LogP contribution in [-0.4, -0.2) is 38.5 Å². The van der Waals surface area contributed by atoms with Crippen LogP contribution in [0, 0.1) is 0 Å². The second kappa shape index (κ2) is 9.27. The Kier molecular flexibility index (Phi) is 6.09. The van der Waals surface area contributed by atoms with E-state index in [4.69, 9.17) is 9.15 Å². The van der Waals surface area contributed by atoms with Gasteiger partial charge in [0.1, 0.15) is 11.5 Å². The molecule has 152 valence electrons. The number of carbonyl (C=O) groups is 1. The highest BCUT2D eigenvalue weighted by Gasteiger charge is 2.19. The summed E-state index contributed by atoms with van der Waals surface area (Å²) >= 11 is 1.29. The number of ether oxygens (including phenoxy) is 1. The van der Waals surface area contributed by atoms with Gasteiger partial charge in [0.25, 0.3) is 0 Å². The molecule has 0 aliphatic rings. The van der Waals surface area contributed by atoms with E-state index < -0.39 is 0 Å². The molecule has 0 saturated carbocycles. The summed E-state index contributed by atoms with van der Waals surface area (Å²) in [6, 6.07) is 14.9. The van der Waals surface area contributed by atoms with Crippen molar-refractivity contribution >= 4 is 17.7 Å². The molecule has 1 aromatic carbocycles. The lowest BCUT2D eigenvalue weighted by Gasteiger charge is -2.13. The number of aromatic nitrogens is 4. The molecule has 0 radical (unpaired) electrons. The Morgan fingerprint density at radius 2 is 2.07 bits per heavy atom. The third-order valence-electron chi connectivity index (χ3n) is 4.25. The minimum absolute atomic E-state index is 0.131. The summed E-state index contributed by atoms with van der Waals surface area (Å²) in [6.07, 6.45) is 5.00. The molecule has 0 spiro atoms. The van der Waals surface area contributed by atoms with Gasteiger partial charge in [0.05, 0.1) is 31.4 Å². The molecule has 0 saturated heterocycles. The Balaban J connectivity index is 1.60. The first-order valence-electron chi connectivity index (χ1n) is 9.17. The number of carbonyl (C=O) groups excluding carboxylic acids is 1. The average molecular weight is 421 g/mol. The predicted octanol–water partition coefficient (Wildman–Crippen LogP) is 3.34. The van der Waals surface area contributed by atoms with E-state index >= 15 is 0 Å². The van der Waals surface area contributed by atoms with E-state index in [1.807, 2.05) is 47.0 Å². The summed E-state index contributed by atoms with van der Waals surface area (Å²) in [5.74, 6) is 2.04. The van der Waals surface area contributed by atoms with Crippen molar-refractivity contribution in [1.29, 1.82) is 0 Å². The lowest BCUT2D eigenvalue weighted by atomic mass is 10.2. The van der Waals surface area contributed by atoms with Gasteiger partial charge in [0, 0.05) is 18.0 Å². The summed E-state index contributed by atoms with van der Waals surface area (Å²) in [5, 5.41) is 12.1. The first-order valence-corrected chi connectivity index (χ1v) is 10.2. The maximum atomic E-state index is 12.3. The molecule has 8 nitrogen and oxygen atoms in total. The summed E-state index contributed by atoms with van der Waals surface area (Å²) < 4.78 is 12.6. The SMILES string of the molecule is COc1ccccc1-n1c(SCC(=O)NCc2ccco2)nnc1-c1cccnc1. The zero-order valence-corrected chi connectivity index (χ0v) is 17.0. The van der Waals surface area contributed by atoms with Gasteiger partial charge in [-0.2, -0.15) is 0 Å². The van der Waals surface area contributed by atoms with E-state index in [2.05, 4.69) is 20.5 Å². The van der Waals surface area contributed by atoms with Gasteiger partial charge in [-0.1, -0.05) is 23.9 Å². The molecule has 0 aliphatic heterocycles. The number of pyridine rings is 1. The fourth-order valence-corrected chi connectivity index (χ4v) is 3.63. The van der Waals surface area contributed by atoms with Crippen molar-refractivity contribution in [2.24, 2.45) is 0 Å². The molecule has 3 heterocycles. The molecule has 30 heavy (non-hydrogen) atoms. The third kappa shape index (κ3) is 4.36. The van der Waals surface area contributed by atoms with Crippen LogP contribution < -0.4 is 10.1 Å². The zero-order chi connectivity index (χ0) is 20.8. The van der Waals surface area contributed by atoms with Crippen molar-refractivity contribution < 1.29 is 13.9 Å². The van der Waals surface area contributed by atoms with Gasteiger partial charge >= 0.3 is 0 Å². The Morgan fingerprint density at radius 3 is 2.83 bits per heavy atom. The molecule has 4 aromatic rings. The first-order chi connectivity index (χ1) is 14.8. The molecule has 1 amide bonds. The third-order valence-corrected chi connectivity index (χ3v) is 5.18. The van der Waals surface area contributed by atoms with Gasteiger partial charge in [0.15, 0.2) is 11.0 Å². The van der Waals surface area contributed by atoms with Gasteiger partial charge in [-0.3, -0.25) is 14.3 Å². The van der Waals surface area contributed by atoms with Gasteiger partial charge in [-0.05, 0) is 36.4 Å². The van der Waals surface area contributed by atoms with Crippen LogP contribution in [-0.2, 0) is 11.3 Å². The maximum absolute atomic E-state index is 12.3. The van der Waals surface area contributed by atoms with E-state index in [1.165, 1.54) is 11.8 Å². The lowest BCUT2D eigenvalue weighted by Crippen LogP contribution is -2.24. The van der Waals surface area contributed by atoms with Crippen LogP contribution in [0.25, 0.3) is 17.1 Å². The van der Waals surface area contributed by atoms with Gasteiger partial charge < -0.3 is 14.5 Å². The molecule has 9 heteroatoms. The van der Waals surface area contributed by atoms with E-state index in [1.54, 1.807) is 31.8 Å². The van der Waals surface area contributed by atoms with Crippen LogP contribution in [0.3, 0.4) is 0 Å². The molecular weight excluding hydrogens is 402 g/mol. The van der Waals surface area contributed by atoms with Gasteiger partial charge in [0.2, 0.25) is 5.91 Å². The van der Waals surface area contributed by atoms with E-state index in [0.717, 1.165) is 11.3 Å². The highest BCUT2D eigenvalue weighted by Crippen LogP contribution is 2.32. The number of nitrogens with zero attached hydrogens (tertiary/aromatic N) is 4. The molecule has 1 N–H and O–H groups in total. The quantitative estimate of drug-likeness (QED) is 0.436. The standard InChI is InChI=1S/C21H19N5O3S/c1-28-18-9-3-2-8-17(18)26-20(15-6-4-10-22-12-15)24-25-21(26)30-14-19(27)23-13-16-7-5-11-29-16/h2-12H,13-14H2,1H3,(H,23,27). The molecule has 4 rings (SSSR count). The van der Waals surface area contributed by atoms with Crippen LogP contribution in [0.1, 0.15) is 5.76 Å². The summed E-state index contributed by atoms with van der Waals surface area (Å²) in [6.45, 7) is 0.340. The number of furan rings is 1. The minimum atomic E-state index is -0.131. The zero-order valence-electron chi connectivity index (χ0n) is 16.2. The normalized spacial score (nSPS) is 10.7.